The first-order valence-electron chi connectivity index (χ1n) is 7.47. The summed E-state index contributed by atoms with van der Waals surface area (Å²) in [6.45, 7) is 0.222. The first-order chi connectivity index (χ1) is 10.8. The summed E-state index contributed by atoms with van der Waals surface area (Å²) < 4.78 is 37.8. The van der Waals surface area contributed by atoms with Gasteiger partial charge in [0.1, 0.15) is 11.9 Å². The molecule has 1 amide bonds. The standard InChI is InChI=1S/C15H21FN2O4S/c1-23(21,22)18-8-3-2-7-13(18)15(20)17-10-14(19)11-5-4-6-12(16)9-11/h4-6,9,13-14,19H,2-3,7-8,10H2,1H3,(H,17,20). The molecule has 1 aromatic carbocycles. The maximum atomic E-state index is 13.1. The molecule has 0 aliphatic carbocycles. The van der Waals surface area contributed by atoms with E-state index in [0.29, 0.717) is 18.5 Å². The lowest BCUT2D eigenvalue weighted by molar-refractivity contribution is -0.126. The van der Waals surface area contributed by atoms with Crippen LogP contribution < -0.4 is 5.32 Å². The monoisotopic (exact) mass is 344 g/mol. The Bertz CT molecular complexity index is 665. The van der Waals surface area contributed by atoms with Crippen LogP contribution in [0.4, 0.5) is 4.39 Å². The fraction of sp³-hybridized carbons (Fsp3) is 0.533. The molecule has 1 aliphatic rings. The molecular formula is C15H21FN2O4S. The van der Waals surface area contributed by atoms with E-state index in [-0.39, 0.29) is 6.54 Å². The summed E-state index contributed by atoms with van der Waals surface area (Å²) in [5.41, 5.74) is 0.355. The van der Waals surface area contributed by atoms with Gasteiger partial charge in [-0.1, -0.05) is 18.6 Å². The number of hydrogen-bond acceptors (Lipinski definition) is 4. The number of nitrogens with zero attached hydrogens (tertiary/aromatic N) is 1. The molecule has 0 bridgehead atoms. The van der Waals surface area contributed by atoms with Crippen molar-refractivity contribution in [3.63, 3.8) is 0 Å². The van der Waals surface area contributed by atoms with Gasteiger partial charge in [-0.05, 0) is 30.5 Å². The molecular weight excluding hydrogens is 323 g/mol. The Morgan fingerprint density at radius 3 is 2.87 bits per heavy atom. The van der Waals surface area contributed by atoms with Gasteiger partial charge in [-0.25, -0.2) is 12.8 Å². The number of hydrogen-bond donors (Lipinski definition) is 2. The molecule has 0 saturated carbocycles. The predicted molar refractivity (Wildman–Crippen MR) is 83.6 cm³/mol. The van der Waals surface area contributed by atoms with Crippen LogP contribution in [0.2, 0.25) is 0 Å². The van der Waals surface area contributed by atoms with Crippen LogP contribution in [0.5, 0.6) is 0 Å². The smallest absolute Gasteiger partial charge is 0.238 e. The minimum absolute atomic E-state index is 0.101. The Kier molecular flexibility index (Phi) is 5.72. The summed E-state index contributed by atoms with van der Waals surface area (Å²) in [6, 6.07) is 4.74. The minimum Gasteiger partial charge on any atom is -0.387 e. The van der Waals surface area contributed by atoms with E-state index in [1.54, 1.807) is 6.07 Å². The zero-order valence-corrected chi connectivity index (χ0v) is 13.7. The average molecular weight is 344 g/mol. The molecule has 1 saturated heterocycles. The molecule has 23 heavy (non-hydrogen) atoms. The van der Waals surface area contributed by atoms with Crippen molar-refractivity contribution in [3.05, 3.63) is 35.6 Å². The molecule has 8 heteroatoms. The van der Waals surface area contributed by atoms with Crippen LogP contribution in [0, 0.1) is 5.82 Å². The maximum Gasteiger partial charge on any atom is 0.238 e. The van der Waals surface area contributed by atoms with E-state index in [4.69, 9.17) is 0 Å². The Morgan fingerprint density at radius 2 is 2.22 bits per heavy atom. The van der Waals surface area contributed by atoms with Gasteiger partial charge in [0.15, 0.2) is 0 Å². The molecule has 1 heterocycles. The fourth-order valence-corrected chi connectivity index (χ4v) is 3.83. The maximum absolute atomic E-state index is 13.1. The highest BCUT2D eigenvalue weighted by Gasteiger charge is 2.34. The molecule has 2 unspecified atom stereocenters. The summed E-state index contributed by atoms with van der Waals surface area (Å²) in [4.78, 5) is 12.3. The molecule has 2 atom stereocenters. The molecule has 1 aromatic rings. The van der Waals surface area contributed by atoms with Gasteiger partial charge in [0, 0.05) is 13.1 Å². The first-order valence-corrected chi connectivity index (χ1v) is 9.32. The van der Waals surface area contributed by atoms with Crippen LogP contribution in [0.3, 0.4) is 0 Å². The summed E-state index contributed by atoms with van der Waals surface area (Å²) in [6.07, 6.45) is 1.99. The summed E-state index contributed by atoms with van der Waals surface area (Å²) in [5.74, 6) is -0.908. The second kappa shape index (κ2) is 7.37. The molecule has 0 aromatic heterocycles. The van der Waals surface area contributed by atoms with E-state index in [9.17, 15) is 22.7 Å². The van der Waals surface area contributed by atoms with E-state index in [0.717, 1.165) is 19.1 Å². The van der Waals surface area contributed by atoms with Crippen molar-refractivity contribution in [2.24, 2.45) is 0 Å². The molecule has 1 fully saturated rings. The van der Waals surface area contributed by atoms with Gasteiger partial charge in [-0.2, -0.15) is 4.31 Å². The lowest BCUT2D eigenvalue weighted by Gasteiger charge is -2.32. The number of rotatable bonds is 5. The van der Waals surface area contributed by atoms with Gasteiger partial charge in [0.25, 0.3) is 0 Å². The number of piperidine rings is 1. The number of halogens is 1. The van der Waals surface area contributed by atoms with Crippen LogP contribution in [0.15, 0.2) is 24.3 Å². The number of nitrogens with one attached hydrogen (secondary N) is 1. The Morgan fingerprint density at radius 1 is 1.48 bits per heavy atom. The second-order valence-electron chi connectivity index (χ2n) is 5.70. The summed E-state index contributed by atoms with van der Waals surface area (Å²) >= 11 is 0. The highest BCUT2D eigenvalue weighted by atomic mass is 32.2. The van der Waals surface area contributed by atoms with Crippen molar-refractivity contribution in [1.82, 2.24) is 9.62 Å². The van der Waals surface area contributed by atoms with E-state index < -0.39 is 33.9 Å². The number of aliphatic hydroxyl groups is 1. The largest absolute Gasteiger partial charge is 0.387 e. The van der Waals surface area contributed by atoms with E-state index >= 15 is 0 Å². The van der Waals surface area contributed by atoms with Crippen molar-refractivity contribution in [2.75, 3.05) is 19.3 Å². The minimum atomic E-state index is -3.46. The fourth-order valence-electron chi connectivity index (χ4n) is 2.71. The summed E-state index contributed by atoms with van der Waals surface area (Å²) in [7, 11) is -3.46. The molecule has 1 aliphatic heterocycles. The molecule has 6 nitrogen and oxygen atoms in total. The SMILES string of the molecule is CS(=O)(=O)N1CCCCC1C(=O)NCC(O)c1cccc(F)c1. The zero-order valence-electron chi connectivity index (χ0n) is 12.9. The van der Waals surface area contributed by atoms with E-state index in [1.807, 2.05) is 0 Å². The number of carbonyl (C=O) groups excluding carboxylic acids is 1. The molecule has 0 spiro atoms. The first kappa shape index (κ1) is 17.8. The van der Waals surface area contributed by atoms with Crippen molar-refractivity contribution in [3.8, 4) is 0 Å². The topological polar surface area (TPSA) is 86.7 Å². The van der Waals surface area contributed by atoms with Crippen molar-refractivity contribution in [1.29, 1.82) is 0 Å². The van der Waals surface area contributed by atoms with Crippen LogP contribution in [-0.4, -0.2) is 49.1 Å². The van der Waals surface area contributed by atoms with Gasteiger partial charge < -0.3 is 10.4 Å². The van der Waals surface area contributed by atoms with Crippen molar-refractivity contribution >= 4 is 15.9 Å². The van der Waals surface area contributed by atoms with Gasteiger partial charge in [-0.3, -0.25) is 4.79 Å². The van der Waals surface area contributed by atoms with Gasteiger partial charge in [0.2, 0.25) is 15.9 Å². The number of amides is 1. The lowest BCUT2D eigenvalue weighted by Crippen LogP contribution is -2.52. The third-order valence-corrected chi connectivity index (χ3v) is 5.17. The number of aliphatic hydroxyl groups excluding tert-OH is 1. The number of benzene rings is 1. The highest BCUT2D eigenvalue weighted by Crippen LogP contribution is 2.20. The molecule has 128 valence electrons. The molecule has 2 rings (SSSR count). The third-order valence-electron chi connectivity index (χ3n) is 3.89. The lowest BCUT2D eigenvalue weighted by atomic mass is 10.0. The average Bonchev–Trinajstić information content (AvgIpc) is 2.51. The van der Waals surface area contributed by atoms with Gasteiger partial charge in [0.05, 0.1) is 12.4 Å². The molecule has 2 N–H and O–H groups in total. The number of sulfonamides is 1. The van der Waals surface area contributed by atoms with Gasteiger partial charge >= 0.3 is 0 Å². The quantitative estimate of drug-likeness (QED) is 0.827. The van der Waals surface area contributed by atoms with Crippen LogP contribution in [0.25, 0.3) is 0 Å². The van der Waals surface area contributed by atoms with Gasteiger partial charge in [-0.15, -0.1) is 0 Å². The second-order valence-corrected chi connectivity index (χ2v) is 7.64. The van der Waals surface area contributed by atoms with Crippen molar-refractivity contribution in [2.45, 2.75) is 31.4 Å². The van der Waals surface area contributed by atoms with E-state index in [2.05, 4.69) is 5.32 Å². The highest BCUT2D eigenvalue weighted by molar-refractivity contribution is 7.88. The van der Waals surface area contributed by atoms with Crippen molar-refractivity contribution < 1.29 is 22.7 Å². The normalized spacial score (nSPS) is 20.9. The Labute approximate surface area is 135 Å². The number of carbonyl (C=O) groups is 1. The Balaban J connectivity index is 1.98. The van der Waals surface area contributed by atoms with Crippen LogP contribution >= 0.6 is 0 Å². The zero-order chi connectivity index (χ0) is 17.0. The summed E-state index contributed by atoms with van der Waals surface area (Å²) in [5, 5.41) is 12.6. The predicted octanol–water partition coefficient (Wildman–Crippen LogP) is 0.789. The van der Waals surface area contributed by atoms with Crippen LogP contribution in [0.1, 0.15) is 30.9 Å². The Hall–Kier alpha value is -1.51. The van der Waals surface area contributed by atoms with Crippen LogP contribution in [-0.2, 0) is 14.8 Å². The third kappa shape index (κ3) is 4.73. The molecule has 0 radical (unpaired) electrons. The van der Waals surface area contributed by atoms with E-state index in [1.165, 1.54) is 22.5 Å².